The first-order chi connectivity index (χ1) is 8.10. The Morgan fingerprint density at radius 2 is 1.88 bits per heavy atom. The van der Waals surface area contributed by atoms with E-state index in [0.29, 0.717) is 0 Å². The van der Waals surface area contributed by atoms with Crippen molar-refractivity contribution in [2.75, 3.05) is 13.1 Å². The number of halogens is 2. The number of carbonyl (C=O) groups excluding carboxylic acids is 1. The lowest BCUT2D eigenvalue weighted by Crippen LogP contribution is -2.32. The molecule has 0 aromatic heterocycles. The highest BCUT2D eigenvalue weighted by molar-refractivity contribution is 9.11. The maximum absolute atomic E-state index is 12.3. The summed E-state index contributed by atoms with van der Waals surface area (Å²) in [5.74, 6) is 0.857. The molecule has 0 unspecified atom stereocenters. The van der Waals surface area contributed by atoms with Gasteiger partial charge in [-0.2, -0.15) is 0 Å². The second-order valence-corrected chi connectivity index (χ2v) is 6.28. The van der Waals surface area contributed by atoms with E-state index in [1.54, 1.807) is 0 Å². The highest BCUT2D eigenvalue weighted by atomic mass is 79.9. The molecular weight excluding hydrogens is 346 g/mol. The van der Waals surface area contributed by atoms with Crippen molar-refractivity contribution in [2.24, 2.45) is 5.92 Å². The molecule has 0 radical (unpaired) electrons. The van der Waals surface area contributed by atoms with E-state index in [2.05, 4.69) is 31.9 Å². The summed E-state index contributed by atoms with van der Waals surface area (Å²) < 4.78 is 1.86. The highest BCUT2D eigenvalue weighted by Crippen LogP contribution is 2.30. The highest BCUT2D eigenvalue weighted by Gasteiger charge is 2.26. The zero-order valence-electron chi connectivity index (χ0n) is 9.75. The van der Waals surface area contributed by atoms with Crippen molar-refractivity contribution in [3.8, 4) is 0 Å². The number of rotatable bonds is 4. The molecule has 1 aliphatic rings. The summed E-state index contributed by atoms with van der Waals surface area (Å²) in [6, 6.07) is 5.69. The van der Waals surface area contributed by atoms with Crippen LogP contribution in [0.25, 0.3) is 0 Å². The lowest BCUT2D eigenvalue weighted by atomic mass is 10.2. The molecule has 4 heteroatoms. The van der Waals surface area contributed by atoms with Gasteiger partial charge in [-0.1, -0.05) is 31.9 Å². The second-order valence-electron chi connectivity index (χ2n) is 4.45. The third-order valence-corrected chi connectivity index (χ3v) is 3.87. The van der Waals surface area contributed by atoms with Gasteiger partial charge in [0.1, 0.15) is 0 Å². The van der Waals surface area contributed by atoms with Gasteiger partial charge in [-0.3, -0.25) is 4.79 Å². The molecule has 0 saturated heterocycles. The van der Waals surface area contributed by atoms with Gasteiger partial charge in [-0.05, 0) is 43.9 Å². The van der Waals surface area contributed by atoms with E-state index in [1.807, 2.05) is 30.0 Å². The van der Waals surface area contributed by atoms with E-state index in [-0.39, 0.29) is 5.91 Å². The van der Waals surface area contributed by atoms with Crippen LogP contribution in [0, 0.1) is 5.92 Å². The van der Waals surface area contributed by atoms with Crippen LogP contribution >= 0.6 is 31.9 Å². The number of amides is 1. The largest absolute Gasteiger partial charge is 0.339 e. The normalized spacial score (nSPS) is 14.8. The average Bonchev–Trinajstić information content (AvgIpc) is 3.07. The molecule has 2 nitrogen and oxygen atoms in total. The molecule has 0 spiro atoms. The minimum absolute atomic E-state index is 0.126. The molecule has 1 fully saturated rings. The zero-order valence-corrected chi connectivity index (χ0v) is 12.9. The Bertz CT molecular complexity index is 409. The maximum Gasteiger partial charge on any atom is 0.253 e. The van der Waals surface area contributed by atoms with Crippen LogP contribution in [-0.2, 0) is 0 Å². The van der Waals surface area contributed by atoms with E-state index >= 15 is 0 Å². The molecule has 2 rings (SSSR count). The van der Waals surface area contributed by atoms with E-state index < -0.39 is 0 Å². The van der Waals surface area contributed by atoms with Crippen LogP contribution in [0.4, 0.5) is 0 Å². The Kier molecular flexibility index (Phi) is 4.26. The molecule has 0 aliphatic heterocycles. The molecule has 0 N–H and O–H groups in total. The van der Waals surface area contributed by atoms with Crippen LogP contribution in [0.5, 0.6) is 0 Å². The molecule has 92 valence electrons. The SMILES string of the molecule is CCN(CC1CC1)C(=O)c1cc(Br)cc(Br)c1. The van der Waals surface area contributed by atoms with Gasteiger partial charge < -0.3 is 4.90 Å². The topological polar surface area (TPSA) is 20.3 Å². The average molecular weight is 361 g/mol. The van der Waals surface area contributed by atoms with Crippen LogP contribution < -0.4 is 0 Å². The fourth-order valence-corrected chi connectivity index (χ4v) is 3.12. The minimum atomic E-state index is 0.126. The minimum Gasteiger partial charge on any atom is -0.339 e. The van der Waals surface area contributed by atoms with Crippen molar-refractivity contribution in [1.82, 2.24) is 4.90 Å². The molecule has 1 aliphatic carbocycles. The molecule has 1 aromatic rings. The zero-order chi connectivity index (χ0) is 12.4. The fourth-order valence-electron chi connectivity index (χ4n) is 1.83. The van der Waals surface area contributed by atoms with Crippen molar-refractivity contribution in [1.29, 1.82) is 0 Å². The summed E-state index contributed by atoms with van der Waals surface area (Å²) in [5, 5.41) is 0. The molecule has 1 saturated carbocycles. The Labute approximate surface area is 119 Å². The van der Waals surface area contributed by atoms with Crippen LogP contribution in [0.3, 0.4) is 0 Å². The maximum atomic E-state index is 12.3. The summed E-state index contributed by atoms with van der Waals surface area (Å²) in [6.07, 6.45) is 2.54. The molecule has 1 aromatic carbocycles. The molecule has 0 bridgehead atoms. The lowest BCUT2D eigenvalue weighted by molar-refractivity contribution is 0.0757. The Hall–Kier alpha value is -0.350. The van der Waals surface area contributed by atoms with Crippen LogP contribution in [0.15, 0.2) is 27.1 Å². The van der Waals surface area contributed by atoms with Gasteiger partial charge in [0, 0.05) is 27.6 Å². The van der Waals surface area contributed by atoms with E-state index in [4.69, 9.17) is 0 Å². The third-order valence-electron chi connectivity index (χ3n) is 2.95. The van der Waals surface area contributed by atoms with Crippen LogP contribution in [0.2, 0.25) is 0 Å². The molecule has 0 atom stereocenters. The molecule has 0 heterocycles. The van der Waals surface area contributed by atoms with Gasteiger partial charge in [0.15, 0.2) is 0 Å². The summed E-state index contributed by atoms with van der Waals surface area (Å²) in [5.41, 5.74) is 0.744. The Morgan fingerprint density at radius 1 is 1.29 bits per heavy atom. The van der Waals surface area contributed by atoms with Gasteiger partial charge in [0.05, 0.1) is 0 Å². The number of nitrogens with zero attached hydrogens (tertiary/aromatic N) is 1. The van der Waals surface area contributed by atoms with Crippen LogP contribution in [-0.4, -0.2) is 23.9 Å². The van der Waals surface area contributed by atoms with Crippen LogP contribution in [0.1, 0.15) is 30.1 Å². The molecule has 17 heavy (non-hydrogen) atoms. The first kappa shape index (κ1) is 13.1. The third kappa shape index (κ3) is 3.55. The summed E-state index contributed by atoms with van der Waals surface area (Å²) >= 11 is 6.83. The standard InChI is InChI=1S/C13H15Br2NO/c1-2-16(8-9-3-4-9)13(17)10-5-11(14)7-12(15)6-10/h5-7,9H,2-4,8H2,1H3. The summed E-state index contributed by atoms with van der Waals surface area (Å²) in [4.78, 5) is 14.3. The van der Waals surface area contributed by atoms with Crippen molar-refractivity contribution in [2.45, 2.75) is 19.8 Å². The van der Waals surface area contributed by atoms with Crippen molar-refractivity contribution >= 4 is 37.8 Å². The van der Waals surface area contributed by atoms with Gasteiger partial charge in [0.25, 0.3) is 5.91 Å². The lowest BCUT2D eigenvalue weighted by Gasteiger charge is -2.21. The molecule has 1 amide bonds. The first-order valence-corrected chi connectivity index (χ1v) is 7.44. The van der Waals surface area contributed by atoms with E-state index in [9.17, 15) is 4.79 Å². The number of benzene rings is 1. The quantitative estimate of drug-likeness (QED) is 0.792. The Balaban J connectivity index is 2.15. The smallest absolute Gasteiger partial charge is 0.253 e. The van der Waals surface area contributed by atoms with E-state index in [1.165, 1.54) is 12.8 Å². The first-order valence-electron chi connectivity index (χ1n) is 5.85. The van der Waals surface area contributed by atoms with Gasteiger partial charge >= 0.3 is 0 Å². The van der Waals surface area contributed by atoms with Gasteiger partial charge in [-0.25, -0.2) is 0 Å². The van der Waals surface area contributed by atoms with Gasteiger partial charge in [0.2, 0.25) is 0 Å². The Morgan fingerprint density at radius 3 is 2.35 bits per heavy atom. The summed E-state index contributed by atoms with van der Waals surface area (Å²) in [6.45, 7) is 3.71. The predicted molar refractivity (Wildman–Crippen MR) is 76.1 cm³/mol. The molecular formula is C13H15Br2NO. The van der Waals surface area contributed by atoms with Gasteiger partial charge in [-0.15, -0.1) is 0 Å². The second kappa shape index (κ2) is 5.53. The van der Waals surface area contributed by atoms with Crippen molar-refractivity contribution < 1.29 is 4.79 Å². The number of carbonyl (C=O) groups is 1. The van der Waals surface area contributed by atoms with Crippen molar-refractivity contribution in [3.05, 3.63) is 32.7 Å². The van der Waals surface area contributed by atoms with E-state index in [0.717, 1.165) is 33.5 Å². The number of hydrogen-bond donors (Lipinski definition) is 0. The predicted octanol–water partition coefficient (Wildman–Crippen LogP) is 4.08. The number of hydrogen-bond acceptors (Lipinski definition) is 1. The van der Waals surface area contributed by atoms with Crippen molar-refractivity contribution in [3.63, 3.8) is 0 Å². The summed E-state index contributed by atoms with van der Waals surface area (Å²) in [7, 11) is 0. The fraction of sp³-hybridized carbons (Fsp3) is 0.462. The monoisotopic (exact) mass is 359 g/mol.